The maximum atomic E-state index is 10.7. The number of amides is 1. The van der Waals surface area contributed by atoms with E-state index in [1.54, 1.807) is 7.11 Å². The molecule has 5 heteroatoms. The molecular weight excluding hydrogens is 194 g/mol. The first kappa shape index (κ1) is 12.4. The molecule has 1 rings (SSSR count). The smallest absolute Gasteiger partial charge is 0.235 e. The molecular formula is C10H21N3O2. The van der Waals surface area contributed by atoms with Gasteiger partial charge in [-0.1, -0.05) is 0 Å². The van der Waals surface area contributed by atoms with Gasteiger partial charge in [-0.05, 0) is 24.7 Å². The van der Waals surface area contributed by atoms with E-state index >= 15 is 0 Å². The van der Waals surface area contributed by atoms with E-state index < -0.39 is 11.9 Å². The van der Waals surface area contributed by atoms with Crippen molar-refractivity contribution in [2.24, 2.45) is 16.9 Å². The average molecular weight is 215 g/mol. The van der Waals surface area contributed by atoms with Crippen LogP contribution in [0.3, 0.4) is 0 Å². The van der Waals surface area contributed by atoms with Crippen LogP contribution < -0.4 is 16.8 Å². The lowest BCUT2D eigenvalue weighted by molar-refractivity contribution is -0.119. The number of carbonyl (C=O) groups is 1. The van der Waals surface area contributed by atoms with Crippen LogP contribution in [0.25, 0.3) is 0 Å². The Balaban J connectivity index is 2.11. The molecule has 0 heterocycles. The van der Waals surface area contributed by atoms with Crippen LogP contribution in [-0.4, -0.2) is 38.8 Å². The minimum atomic E-state index is -0.580. The first-order valence-electron chi connectivity index (χ1n) is 5.34. The number of hydrogen-bond acceptors (Lipinski definition) is 4. The number of carbonyl (C=O) groups excluding carboxylic acids is 1. The molecule has 0 aromatic carbocycles. The fourth-order valence-electron chi connectivity index (χ4n) is 1.60. The van der Waals surface area contributed by atoms with Crippen LogP contribution in [0.4, 0.5) is 0 Å². The van der Waals surface area contributed by atoms with Crippen LogP contribution in [0.2, 0.25) is 0 Å². The first-order valence-corrected chi connectivity index (χ1v) is 5.34. The molecule has 1 unspecified atom stereocenters. The van der Waals surface area contributed by atoms with E-state index in [-0.39, 0.29) is 0 Å². The van der Waals surface area contributed by atoms with Crippen molar-refractivity contribution < 1.29 is 9.53 Å². The van der Waals surface area contributed by atoms with Gasteiger partial charge in [-0.25, -0.2) is 0 Å². The summed E-state index contributed by atoms with van der Waals surface area (Å²) in [5.41, 5.74) is 10.9. The molecule has 88 valence electrons. The topological polar surface area (TPSA) is 90.4 Å². The fraction of sp³-hybridized carbons (Fsp3) is 0.900. The van der Waals surface area contributed by atoms with Gasteiger partial charge in [0.15, 0.2) is 0 Å². The van der Waals surface area contributed by atoms with Crippen molar-refractivity contribution in [3.8, 4) is 0 Å². The molecule has 0 aromatic heterocycles. The molecule has 1 saturated carbocycles. The zero-order valence-corrected chi connectivity index (χ0v) is 9.29. The first-order chi connectivity index (χ1) is 7.09. The third-order valence-corrected chi connectivity index (χ3v) is 3.02. The molecule has 1 fully saturated rings. The average Bonchev–Trinajstić information content (AvgIpc) is 2.95. The minimum Gasteiger partial charge on any atom is -0.385 e. The largest absolute Gasteiger partial charge is 0.385 e. The lowest BCUT2D eigenvalue weighted by Crippen LogP contribution is -2.45. The molecule has 1 aliphatic rings. The number of hydrogen-bond donors (Lipinski definition) is 3. The van der Waals surface area contributed by atoms with E-state index in [0.29, 0.717) is 12.0 Å². The summed E-state index contributed by atoms with van der Waals surface area (Å²) < 4.78 is 5.06. The van der Waals surface area contributed by atoms with E-state index in [2.05, 4.69) is 5.32 Å². The van der Waals surface area contributed by atoms with Crippen molar-refractivity contribution in [3.63, 3.8) is 0 Å². The van der Waals surface area contributed by atoms with Gasteiger partial charge in [0.25, 0.3) is 0 Å². The summed E-state index contributed by atoms with van der Waals surface area (Å²) in [6.07, 6.45) is 3.53. The van der Waals surface area contributed by atoms with Crippen molar-refractivity contribution in [2.75, 3.05) is 26.8 Å². The lowest BCUT2D eigenvalue weighted by Gasteiger charge is -2.16. The van der Waals surface area contributed by atoms with Crippen molar-refractivity contribution in [2.45, 2.75) is 25.3 Å². The van der Waals surface area contributed by atoms with Crippen LogP contribution in [0.15, 0.2) is 0 Å². The van der Waals surface area contributed by atoms with Gasteiger partial charge in [0, 0.05) is 26.8 Å². The number of nitrogens with one attached hydrogen (secondary N) is 1. The summed E-state index contributed by atoms with van der Waals surface area (Å²) in [7, 11) is 1.71. The van der Waals surface area contributed by atoms with Crippen molar-refractivity contribution in [1.82, 2.24) is 5.32 Å². The quantitative estimate of drug-likeness (QED) is 0.494. The lowest BCUT2D eigenvalue weighted by atomic mass is 10.0. The molecule has 0 bridgehead atoms. The Bertz CT molecular complexity index is 217. The molecule has 0 aromatic rings. The predicted octanol–water partition coefficient (Wildman–Crippen LogP) is -0.795. The Morgan fingerprint density at radius 2 is 2.27 bits per heavy atom. The molecule has 0 radical (unpaired) electrons. The highest BCUT2D eigenvalue weighted by Crippen LogP contribution is 2.48. The number of primary amides is 1. The fourth-order valence-corrected chi connectivity index (χ4v) is 1.60. The normalized spacial score (nSPS) is 19.9. The van der Waals surface area contributed by atoms with E-state index in [4.69, 9.17) is 16.2 Å². The molecule has 0 spiro atoms. The van der Waals surface area contributed by atoms with Crippen molar-refractivity contribution in [3.05, 3.63) is 0 Å². The Morgan fingerprint density at radius 3 is 2.73 bits per heavy atom. The summed E-state index contributed by atoms with van der Waals surface area (Å²) >= 11 is 0. The molecule has 15 heavy (non-hydrogen) atoms. The number of methoxy groups -OCH3 is 1. The third-order valence-electron chi connectivity index (χ3n) is 3.02. The van der Waals surface area contributed by atoms with Crippen LogP contribution in [-0.2, 0) is 9.53 Å². The van der Waals surface area contributed by atoms with Crippen LogP contribution in [0.5, 0.6) is 0 Å². The maximum absolute atomic E-state index is 10.7. The number of nitrogens with two attached hydrogens (primary N) is 2. The van der Waals surface area contributed by atoms with Gasteiger partial charge in [-0.15, -0.1) is 0 Å². The van der Waals surface area contributed by atoms with Crippen molar-refractivity contribution >= 4 is 5.91 Å². The van der Waals surface area contributed by atoms with Crippen molar-refractivity contribution in [1.29, 1.82) is 0 Å². The van der Waals surface area contributed by atoms with Gasteiger partial charge in [-0.2, -0.15) is 0 Å². The van der Waals surface area contributed by atoms with Gasteiger partial charge >= 0.3 is 0 Å². The van der Waals surface area contributed by atoms with E-state index in [9.17, 15) is 4.79 Å². The van der Waals surface area contributed by atoms with E-state index in [1.165, 1.54) is 12.8 Å². The summed E-state index contributed by atoms with van der Waals surface area (Å²) in [6, 6.07) is -0.580. The van der Waals surface area contributed by atoms with Gasteiger partial charge in [-0.3, -0.25) is 4.79 Å². The highest BCUT2D eigenvalue weighted by atomic mass is 16.5. The Labute approximate surface area is 90.5 Å². The predicted molar refractivity (Wildman–Crippen MR) is 58.2 cm³/mol. The second-order valence-electron chi connectivity index (χ2n) is 4.38. The van der Waals surface area contributed by atoms with E-state index in [0.717, 1.165) is 19.6 Å². The monoisotopic (exact) mass is 215 g/mol. The van der Waals surface area contributed by atoms with Gasteiger partial charge in [0.05, 0.1) is 6.04 Å². The minimum absolute atomic E-state index is 0.382. The molecule has 1 atom stereocenters. The highest BCUT2D eigenvalue weighted by molar-refractivity contribution is 5.79. The standard InChI is InChI=1S/C10H21N3O2/c1-15-5-4-10(2-3-10)7-13-6-8(11)9(12)14/h8,13H,2-7,11H2,1H3,(H2,12,14). The van der Waals surface area contributed by atoms with Gasteiger partial charge < -0.3 is 21.5 Å². The maximum Gasteiger partial charge on any atom is 0.235 e. The van der Waals surface area contributed by atoms with Gasteiger partial charge in [0.2, 0.25) is 5.91 Å². The third kappa shape index (κ3) is 4.15. The Morgan fingerprint density at radius 1 is 1.60 bits per heavy atom. The number of rotatable bonds is 8. The van der Waals surface area contributed by atoms with Crippen LogP contribution in [0, 0.1) is 5.41 Å². The molecule has 5 N–H and O–H groups in total. The van der Waals surface area contributed by atoms with Crippen LogP contribution >= 0.6 is 0 Å². The molecule has 5 nitrogen and oxygen atoms in total. The molecule has 0 aliphatic heterocycles. The second kappa shape index (κ2) is 5.44. The zero-order chi connectivity index (χ0) is 11.3. The Kier molecular flexibility index (Phi) is 4.50. The summed E-state index contributed by atoms with van der Waals surface area (Å²) in [4.78, 5) is 10.7. The zero-order valence-electron chi connectivity index (χ0n) is 9.29. The number of ether oxygens (including phenoxy) is 1. The highest BCUT2D eigenvalue weighted by Gasteiger charge is 2.41. The summed E-state index contributed by atoms with van der Waals surface area (Å²) in [6.45, 7) is 2.16. The van der Waals surface area contributed by atoms with Crippen LogP contribution in [0.1, 0.15) is 19.3 Å². The van der Waals surface area contributed by atoms with E-state index in [1.807, 2.05) is 0 Å². The molecule has 1 aliphatic carbocycles. The second-order valence-corrected chi connectivity index (χ2v) is 4.38. The SMILES string of the molecule is COCCC1(CNCC(N)C(N)=O)CC1. The van der Waals surface area contributed by atoms with Gasteiger partial charge in [0.1, 0.15) is 0 Å². The molecule has 0 saturated heterocycles. The Hall–Kier alpha value is -0.650. The summed E-state index contributed by atoms with van der Waals surface area (Å²) in [5, 5.41) is 3.20. The molecule has 1 amide bonds. The summed E-state index contributed by atoms with van der Waals surface area (Å²) in [5.74, 6) is -0.454.